The van der Waals surface area contributed by atoms with Crippen LogP contribution >= 0.6 is 11.6 Å². The van der Waals surface area contributed by atoms with E-state index in [0.717, 1.165) is 11.1 Å². The van der Waals surface area contributed by atoms with Crippen molar-refractivity contribution >= 4 is 23.4 Å². The Hall–Kier alpha value is -2.40. The van der Waals surface area contributed by atoms with Crippen LogP contribution in [0.5, 0.6) is 0 Å². The van der Waals surface area contributed by atoms with E-state index in [0.29, 0.717) is 6.42 Å². The van der Waals surface area contributed by atoms with Crippen LogP contribution in [-0.2, 0) is 22.6 Å². The molecule has 27 heavy (non-hydrogen) atoms. The van der Waals surface area contributed by atoms with Gasteiger partial charge < -0.3 is 10.2 Å². The molecule has 144 valence electrons. The zero-order valence-electron chi connectivity index (χ0n) is 15.8. The number of carbonyl (C=O) groups is 2. The van der Waals surface area contributed by atoms with Crippen molar-refractivity contribution in [3.63, 3.8) is 0 Å². The van der Waals surface area contributed by atoms with E-state index in [2.05, 4.69) is 5.32 Å². The van der Waals surface area contributed by atoms with Gasteiger partial charge in [0.1, 0.15) is 11.9 Å². The summed E-state index contributed by atoms with van der Waals surface area (Å²) < 4.78 is 14.1. The van der Waals surface area contributed by atoms with Crippen molar-refractivity contribution in [2.45, 2.75) is 39.3 Å². The van der Waals surface area contributed by atoms with Crippen molar-refractivity contribution in [2.75, 3.05) is 7.05 Å². The summed E-state index contributed by atoms with van der Waals surface area (Å²) in [6.45, 7) is 4.07. The molecule has 2 amide bonds. The molecule has 6 heteroatoms. The molecule has 0 aliphatic heterocycles. The Morgan fingerprint density at radius 1 is 1.22 bits per heavy atom. The summed E-state index contributed by atoms with van der Waals surface area (Å²) in [4.78, 5) is 26.9. The lowest BCUT2D eigenvalue weighted by Gasteiger charge is -2.30. The standard InChI is InChI=1S/C21H24ClFN2O2/c1-4-19(21(27)24-3)25(13-15-8-5-7-14(2)11-15)20(26)12-16-17(22)9-6-10-18(16)23/h5-11,19H,4,12-13H2,1-3H3,(H,24,27). The number of rotatable bonds is 7. The molecule has 2 aromatic rings. The minimum absolute atomic E-state index is 0.144. The maximum Gasteiger partial charge on any atom is 0.242 e. The Morgan fingerprint density at radius 2 is 1.93 bits per heavy atom. The molecule has 2 aromatic carbocycles. The molecular weight excluding hydrogens is 367 g/mol. The highest BCUT2D eigenvalue weighted by Gasteiger charge is 2.29. The molecular formula is C21H24ClFN2O2. The SMILES string of the molecule is CCC(C(=O)NC)N(Cc1cccc(C)c1)C(=O)Cc1c(F)cccc1Cl. The van der Waals surface area contributed by atoms with Crippen molar-refractivity contribution < 1.29 is 14.0 Å². The molecule has 0 radical (unpaired) electrons. The molecule has 0 spiro atoms. The van der Waals surface area contributed by atoms with Crippen molar-refractivity contribution in [1.82, 2.24) is 10.2 Å². The normalized spacial score (nSPS) is 11.7. The van der Waals surface area contributed by atoms with E-state index < -0.39 is 11.9 Å². The number of hydrogen-bond acceptors (Lipinski definition) is 2. The zero-order chi connectivity index (χ0) is 20.0. The average molecular weight is 391 g/mol. The van der Waals surface area contributed by atoms with Gasteiger partial charge in [0.2, 0.25) is 11.8 Å². The maximum absolute atomic E-state index is 14.1. The molecule has 2 rings (SSSR count). The third-order valence-electron chi connectivity index (χ3n) is 4.46. The average Bonchev–Trinajstić information content (AvgIpc) is 2.64. The van der Waals surface area contributed by atoms with Crippen LogP contribution in [0, 0.1) is 12.7 Å². The molecule has 4 nitrogen and oxygen atoms in total. The second-order valence-electron chi connectivity index (χ2n) is 6.43. The number of nitrogens with zero attached hydrogens (tertiary/aromatic N) is 1. The van der Waals surface area contributed by atoms with E-state index >= 15 is 0 Å². The maximum atomic E-state index is 14.1. The third kappa shape index (κ3) is 5.30. The first-order chi connectivity index (χ1) is 12.9. The summed E-state index contributed by atoms with van der Waals surface area (Å²) in [5.74, 6) is -1.13. The number of likely N-dealkylation sites (N-methyl/N-ethyl adjacent to an activating group) is 1. The smallest absolute Gasteiger partial charge is 0.242 e. The topological polar surface area (TPSA) is 49.4 Å². The highest BCUT2D eigenvalue weighted by atomic mass is 35.5. The number of halogens is 2. The Morgan fingerprint density at radius 3 is 2.52 bits per heavy atom. The molecule has 0 bridgehead atoms. The molecule has 0 aromatic heterocycles. The first kappa shape index (κ1) is 20.9. The Labute approximate surface area is 164 Å². The second-order valence-corrected chi connectivity index (χ2v) is 6.83. The van der Waals surface area contributed by atoms with Crippen molar-refractivity contribution in [1.29, 1.82) is 0 Å². The number of nitrogens with one attached hydrogen (secondary N) is 1. The van der Waals surface area contributed by atoms with E-state index in [1.54, 1.807) is 6.07 Å². The van der Waals surface area contributed by atoms with Gasteiger partial charge in [-0.2, -0.15) is 0 Å². The van der Waals surface area contributed by atoms with Gasteiger partial charge in [-0.05, 0) is 31.0 Å². The molecule has 1 atom stereocenters. The highest BCUT2D eigenvalue weighted by molar-refractivity contribution is 6.31. The van der Waals surface area contributed by atoms with Gasteiger partial charge in [-0.1, -0.05) is 54.4 Å². The number of benzene rings is 2. The summed E-state index contributed by atoms with van der Waals surface area (Å²) >= 11 is 6.07. The van der Waals surface area contributed by atoms with Crippen LogP contribution in [0.2, 0.25) is 5.02 Å². The predicted molar refractivity (Wildman–Crippen MR) is 105 cm³/mol. The van der Waals surface area contributed by atoms with Gasteiger partial charge in [0.25, 0.3) is 0 Å². The van der Waals surface area contributed by atoms with Crippen LogP contribution in [0.4, 0.5) is 4.39 Å². The summed E-state index contributed by atoms with van der Waals surface area (Å²) in [5.41, 5.74) is 2.11. The quantitative estimate of drug-likeness (QED) is 0.779. The number of hydrogen-bond donors (Lipinski definition) is 1. The van der Waals surface area contributed by atoms with Gasteiger partial charge in [0.05, 0.1) is 6.42 Å². The van der Waals surface area contributed by atoms with Crippen LogP contribution < -0.4 is 5.32 Å². The summed E-state index contributed by atoms with van der Waals surface area (Å²) in [7, 11) is 1.54. The van der Waals surface area contributed by atoms with Crippen molar-refractivity contribution in [3.8, 4) is 0 Å². The van der Waals surface area contributed by atoms with E-state index in [1.807, 2.05) is 38.1 Å². The first-order valence-corrected chi connectivity index (χ1v) is 9.24. The fraction of sp³-hybridized carbons (Fsp3) is 0.333. The van der Waals surface area contributed by atoms with Crippen molar-refractivity contribution in [3.05, 3.63) is 70.0 Å². The fourth-order valence-electron chi connectivity index (χ4n) is 3.05. The molecule has 1 N–H and O–H groups in total. The molecule has 0 fully saturated rings. The van der Waals surface area contributed by atoms with E-state index in [9.17, 15) is 14.0 Å². The molecule has 0 heterocycles. The van der Waals surface area contributed by atoms with E-state index in [4.69, 9.17) is 11.6 Å². The van der Waals surface area contributed by atoms with E-state index in [-0.39, 0.29) is 35.4 Å². The summed E-state index contributed by atoms with van der Waals surface area (Å²) in [6.07, 6.45) is 0.243. The van der Waals surface area contributed by atoms with Crippen LogP contribution in [0.3, 0.4) is 0 Å². The Kier molecular flexibility index (Phi) is 7.36. The van der Waals surface area contributed by atoms with Crippen LogP contribution in [0.25, 0.3) is 0 Å². The monoisotopic (exact) mass is 390 g/mol. The fourth-order valence-corrected chi connectivity index (χ4v) is 3.28. The van der Waals surface area contributed by atoms with Gasteiger partial charge in [-0.15, -0.1) is 0 Å². The lowest BCUT2D eigenvalue weighted by molar-refractivity contribution is -0.140. The lowest BCUT2D eigenvalue weighted by atomic mass is 10.1. The Bertz CT molecular complexity index is 805. The van der Waals surface area contributed by atoms with Gasteiger partial charge in [0.15, 0.2) is 0 Å². The number of aryl methyl sites for hydroxylation is 1. The minimum atomic E-state index is -0.645. The largest absolute Gasteiger partial charge is 0.357 e. The third-order valence-corrected chi connectivity index (χ3v) is 4.81. The Balaban J connectivity index is 2.35. The molecule has 0 aliphatic rings. The van der Waals surface area contributed by atoms with Gasteiger partial charge >= 0.3 is 0 Å². The summed E-state index contributed by atoms with van der Waals surface area (Å²) in [6, 6.07) is 11.4. The van der Waals surface area contributed by atoms with E-state index in [1.165, 1.54) is 24.1 Å². The molecule has 0 saturated carbocycles. The number of amides is 2. The lowest BCUT2D eigenvalue weighted by Crippen LogP contribution is -2.48. The van der Waals surface area contributed by atoms with Crippen LogP contribution in [0.15, 0.2) is 42.5 Å². The number of carbonyl (C=O) groups excluding carboxylic acids is 2. The highest BCUT2D eigenvalue weighted by Crippen LogP contribution is 2.22. The first-order valence-electron chi connectivity index (χ1n) is 8.86. The zero-order valence-corrected chi connectivity index (χ0v) is 16.5. The minimum Gasteiger partial charge on any atom is -0.357 e. The van der Waals surface area contributed by atoms with Crippen LogP contribution in [0.1, 0.15) is 30.0 Å². The predicted octanol–water partition coefficient (Wildman–Crippen LogP) is 3.88. The second kappa shape index (κ2) is 9.51. The summed E-state index contributed by atoms with van der Waals surface area (Å²) in [5, 5.41) is 2.80. The van der Waals surface area contributed by atoms with Gasteiger partial charge in [-0.25, -0.2) is 4.39 Å². The molecule has 1 unspecified atom stereocenters. The molecule has 0 saturated heterocycles. The van der Waals surface area contributed by atoms with Gasteiger partial charge in [0, 0.05) is 24.2 Å². The molecule has 0 aliphatic carbocycles. The van der Waals surface area contributed by atoms with Crippen LogP contribution in [-0.4, -0.2) is 29.8 Å². The van der Waals surface area contributed by atoms with Crippen molar-refractivity contribution in [2.24, 2.45) is 0 Å². The van der Waals surface area contributed by atoms with Gasteiger partial charge in [-0.3, -0.25) is 9.59 Å².